The quantitative estimate of drug-likeness (QED) is 0.683. The van der Waals surface area contributed by atoms with Crippen molar-refractivity contribution in [1.82, 2.24) is 15.1 Å². The molecule has 166 valence electrons. The van der Waals surface area contributed by atoms with Gasteiger partial charge < -0.3 is 5.32 Å². The van der Waals surface area contributed by atoms with E-state index in [0.717, 1.165) is 31.4 Å². The lowest BCUT2D eigenvalue weighted by Crippen LogP contribution is -2.65. The molecule has 1 unspecified atom stereocenters. The van der Waals surface area contributed by atoms with E-state index in [0.29, 0.717) is 22.9 Å². The summed E-state index contributed by atoms with van der Waals surface area (Å²) < 4.78 is 1.70. The molecule has 0 radical (unpaired) electrons. The SMILES string of the molecule is CC(C)c1cc2n(n1)CC(C)(C(=O)NC1CCCCCC1)N(c1cccc(Cl)c1)C2=O. The van der Waals surface area contributed by atoms with Crippen LogP contribution in [0.5, 0.6) is 0 Å². The summed E-state index contributed by atoms with van der Waals surface area (Å²) in [4.78, 5) is 29.0. The van der Waals surface area contributed by atoms with Crippen molar-refractivity contribution in [2.75, 3.05) is 4.90 Å². The van der Waals surface area contributed by atoms with E-state index in [1.54, 1.807) is 27.8 Å². The first-order valence-corrected chi connectivity index (χ1v) is 11.7. The number of nitrogens with zero attached hydrogens (tertiary/aromatic N) is 3. The Labute approximate surface area is 188 Å². The first-order chi connectivity index (χ1) is 14.8. The maximum Gasteiger partial charge on any atom is 0.277 e. The second-order valence-corrected chi connectivity index (χ2v) is 9.76. The molecule has 1 N–H and O–H groups in total. The van der Waals surface area contributed by atoms with E-state index in [4.69, 9.17) is 11.6 Å². The van der Waals surface area contributed by atoms with Crippen molar-refractivity contribution >= 4 is 29.1 Å². The van der Waals surface area contributed by atoms with Crippen LogP contribution in [0.25, 0.3) is 0 Å². The zero-order chi connectivity index (χ0) is 22.2. The van der Waals surface area contributed by atoms with Gasteiger partial charge in [0.05, 0.1) is 12.2 Å². The molecule has 0 saturated heterocycles. The normalized spacial score (nSPS) is 22.4. The molecule has 1 fully saturated rings. The molecule has 1 saturated carbocycles. The molecule has 1 atom stereocenters. The summed E-state index contributed by atoms with van der Waals surface area (Å²) in [7, 11) is 0. The number of rotatable bonds is 4. The number of carbonyl (C=O) groups is 2. The van der Waals surface area contributed by atoms with Gasteiger partial charge >= 0.3 is 0 Å². The van der Waals surface area contributed by atoms with Crippen LogP contribution in [0.4, 0.5) is 5.69 Å². The third-order valence-electron chi connectivity index (χ3n) is 6.51. The molecule has 31 heavy (non-hydrogen) atoms. The number of benzene rings is 1. The molecule has 1 aromatic heterocycles. The predicted octanol–water partition coefficient (Wildman–Crippen LogP) is 4.92. The number of nitrogens with one attached hydrogen (secondary N) is 1. The molecule has 2 heterocycles. The minimum atomic E-state index is -1.11. The Morgan fingerprint density at radius 3 is 2.55 bits per heavy atom. The fourth-order valence-electron chi connectivity index (χ4n) is 4.67. The molecule has 2 amide bonds. The Balaban J connectivity index is 1.74. The first kappa shape index (κ1) is 21.9. The highest BCUT2D eigenvalue weighted by Crippen LogP contribution is 2.35. The highest BCUT2D eigenvalue weighted by molar-refractivity contribution is 6.31. The summed E-state index contributed by atoms with van der Waals surface area (Å²) in [6, 6.07) is 9.13. The Morgan fingerprint density at radius 2 is 1.90 bits per heavy atom. The number of aromatic nitrogens is 2. The molecule has 2 aliphatic rings. The van der Waals surface area contributed by atoms with Crippen LogP contribution >= 0.6 is 11.6 Å². The van der Waals surface area contributed by atoms with Gasteiger partial charge in [0.15, 0.2) is 0 Å². The van der Waals surface area contributed by atoms with E-state index in [1.807, 2.05) is 32.9 Å². The summed E-state index contributed by atoms with van der Waals surface area (Å²) in [6.07, 6.45) is 6.64. The molecule has 4 rings (SSSR count). The van der Waals surface area contributed by atoms with E-state index in [2.05, 4.69) is 10.4 Å². The predicted molar refractivity (Wildman–Crippen MR) is 123 cm³/mol. The van der Waals surface area contributed by atoms with E-state index >= 15 is 0 Å². The van der Waals surface area contributed by atoms with Gasteiger partial charge in [-0.2, -0.15) is 5.10 Å². The van der Waals surface area contributed by atoms with E-state index in [-0.39, 0.29) is 23.8 Å². The fraction of sp³-hybridized carbons (Fsp3) is 0.542. The van der Waals surface area contributed by atoms with Crippen molar-refractivity contribution in [2.45, 2.75) is 83.3 Å². The molecule has 1 aliphatic carbocycles. The molecule has 0 bridgehead atoms. The second kappa shape index (κ2) is 8.65. The highest BCUT2D eigenvalue weighted by atomic mass is 35.5. The van der Waals surface area contributed by atoms with Gasteiger partial charge in [0, 0.05) is 16.8 Å². The van der Waals surface area contributed by atoms with Crippen LogP contribution in [-0.2, 0) is 11.3 Å². The van der Waals surface area contributed by atoms with Gasteiger partial charge in [-0.3, -0.25) is 19.2 Å². The fourth-order valence-corrected chi connectivity index (χ4v) is 4.85. The van der Waals surface area contributed by atoms with Crippen LogP contribution in [0.15, 0.2) is 30.3 Å². The average molecular weight is 443 g/mol. The van der Waals surface area contributed by atoms with Gasteiger partial charge in [0.1, 0.15) is 11.2 Å². The van der Waals surface area contributed by atoms with Gasteiger partial charge in [-0.05, 0) is 49.9 Å². The standard InChI is InChI=1S/C24H31ClN4O2/c1-16(2)20-14-21-22(30)29(19-12-8-9-17(25)13-19)24(3,15-28(21)27-20)23(31)26-18-10-6-4-5-7-11-18/h8-9,12-14,16,18H,4-7,10-11,15H2,1-3H3,(H,26,31). The first-order valence-electron chi connectivity index (χ1n) is 11.3. The second-order valence-electron chi connectivity index (χ2n) is 9.32. The molecule has 0 spiro atoms. The van der Waals surface area contributed by atoms with Gasteiger partial charge in [-0.25, -0.2) is 0 Å². The lowest BCUT2D eigenvalue weighted by Gasteiger charge is -2.43. The molecule has 1 aromatic carbocycles. The Bertz CT molecular complexity index is 978. The van der Waals surface area contributed by atoms with Gasteiger partial charge in [0.25, 0.3) is 5.91 Å². The van der Waals surface area contributed by atoms with Crippen molar-refractivity contribution in [3.8, 4) is 0 Å². The monoisotopic (exact) mass is 442 g/mol. The van der Waals surface area contributed by atoms with Crippen molar-refractivity contribution in [2.24, 2.45) is 0 Å². The number of amides is 2. The molecular formula is C24H31ClN4O2. The van der Waals surface area contributed by atoms with Crippen LogP contribution in [0.1, 0.15) is 81.4 Å². The molecular weight excluding hydrogens is 412 g/mol. The number of hydrogen-bond acceptors (Lipinski definition) is 3. The summed E-state index contributed by atoms with van der Waals surface area (Å²) in [6.45, 7) is 6.22. The summed E-state index contributed by atoms with van der Waals surface area (Å²) in [5.41, 5.74) is 0.863. The van der Waals surface area contributed by atoms with Crippen LogP contribution in [-0.4, -0.2) is 33.2 Å². The van der Waals surface area contributed by atoms with Crippen LogP contribution in [0.2, 0.25) is 5.02 Å². The summed E-state index contributed by atoms with van der Waals surface area (Å²) in [5, 5.41) is 8.43. The van der Waals surface area contributed by atoms with E-state index in [1.165, 1.54) is 12.8 Å². The van der Waals surface area contributed by atoms with Crippen LogP contribution < -0.4 is 10.2 Å². The molecule has 6 nitrogen and oxygen atoms in total. The largest absolute Gasteiger partial charge is 0.351 e. The lowest BCUT2D eigenvalue weighted by atomic mass is 9.93. The van der Waals surface area contributed by atoms with Crippen molar-refractivity contribution in [1.29, 1.82) is 0 Å². The molecule has 7 heteroatoms. The van der Waals surface area contributed by atoms with E-state index in [9.17, 15) is 9.59 Å². The van der Waals surface area contributed by atoms with Crippen molar-refractivity contribution < 1.29 is 9.59 Å². The lowest BCUT2D eigenvalue weighted by molar-refractivity contribution is -0.127. The minimum Gasteiger partial charge on any atom is -0.351 e. The third kappa shape index (κ3) is 4.22. The Morgan fingerprint density at radius 1 is 1.19 bits per heavy atom. The molecule has 2 aromatic rings. The van der Waals surface area contributed by atoms with E-state index < -0.39 is 5.54 Å². The molecule has 1 aliphatic heterocycles. The maximum absolute atomic E-state index is 13.7. The van der Waals surface area contributed by atoms with Gasteiger partial charge in [-0.1, -0.05) is 57.2 Å². The number of hydrogen-bond donors (Lipinski definition) is 1. The topological polar surface area (TPSA) is 67.2 Å². The average Bonchev–Trinajstić information content (AvgIpc) is 2.98. The Kier molecular flexibility index (Phi) is 6.11. The number of halogens is 1. The van der Waals surface area contributed by atoms with Gasteiger partial charge in [0.2, 0.25) is 5.91 Å². The number of fused-ring (bicyclic) bond motifs is 1. The zero-order valence-corrected chi connectivity index (χ0v) is 19.3. The minimum absolute atomic E-state index is 0.139. The summed E-state index contributed by atoms with van der Waals surface area (Å²) in [5.74, 6) is -0.178. The number of anilines is 1. The Hall–Kier alpha value is -2.34. The van der Waals surface area contributed by atoms with Gasteiger partial charge in [-0.15, -0.1) is 0 Å². The van der Waals surface area contributed by atoms with Crippen LogP contribution in [0.3, 0.4) is 0 Å². The number of carbonyl (C=O) groups excluding carboxylic acids is 2. The third-order valence-corrected chi connectivity index (χ3v) is 6.74. The highest BCUT2D eigenvalue weighted by Gasteiger charge is 2.49. The zero-order valence-electron chi connectivity index (χ0n) is 18.5. The van der Waals surface area contributed by atoms with Crippen molar-refractivity contribution in [3.05, 3.63) is 46.7 Å². The maximum atomic E-state index is 13.7. The van der Waals surface area contributed by atoms with Crippen molar-refractivity contribution in [3.63, 3.8) is 0 Å². The van der Waals surface area contributed by atoms with Crippen LogP contribution in [0, 0.1) is 0 Å². The smallest absolute Gasteiger partial charge is 0.277 e. The summed E-state index contributed by atoms with van der Waals surface area (Å²) >= 11 is 6.25.